The highest BCUT2D eigenvalue weighted by Gasteiger charge is 2.03. The summed E-state index contributed by atoms with van der Waals surface area (Å²) in [5, 5.41) is 13.6. The van der Waals surface area contributed by atoms with E-state index >= 15 is 0 Å². The van der Waals surface area contributed by atoms with E-state index in [1.54, 1.807) is 35.1 Å². The molecule has 1 aromatic carbocycles. The third-order valence-corrected chi connectivity index (χ3v) is 2.61. The molecular formula is C10H5Cl2N3. The second-order valence-electron chi connectivity index (χ2n) is 2.86. The maximum Gasteiger partial charge on any atom is 0.162 e. The summed E-state index contributed by atoms with van der Waals surface area (Å²) in [4.78, 5) is 0. The molecule has 0 aliphatic carbocycles. The van der Waals surface area contributed by atoms with E-state index in [2.05, 4.69) is 5.10 Å². The van der Waals surface area contributed by atoms with Crippen LogP contribution >= 0.6 is 23.2 Å². The van der Waals surface area contributed by atoms with Gasteiger partial charge in [-0.05, 0) is 24.3 Å². The van der Waals surface area contributed by atoms with Gasteiger partial charge in [-0.15, -0.1) is 0 Å². The molecule has 0 aliphatic rings. The van der Waals surface area contributed by atoms with Crippen LogP contribution in [-0.2, 0) is 0 Å². The largest absolute Gasteiger partial charge is 0.240 e. The van der Waals surface area contributed by atoms with Crippen molar-refractivity contribution in [2.75, 3.05) is 0 Å². The molecule has 0 fully saturated rings. The Hall–Kier alpha value is -1.50. The van der Waals surface area contributed by atoms with Crippen molar-refractivity contribution < 1.29 is 0 Å². The zero-order chi connectivity index (χ0) is 10.8. The lowest BCUT2D eigenvalue weighted by Crippen LogP contribution is -1.94. The zero-order valence-corrected chi connectivity index (χ0v) is 9.00. The van der Waals surface area contributed by atoms with Crippen LogP contribution in [0.4, 0.5) is 0 Å². The van der Waals surface area contributed by atoms with Crippen molar-refractivity contribution in [2.24, 2.45) is 0 Å². The van der Waals surface area contributed by atoms with Crippen LogP contribution in [0.25, 0.3) is 5.69 Å². The standard InChI is InChI=1S/C10H5Cl2N3/c11-9-2-1-8(5-10(9)12)15-4-3-7(6-13)14-15/h1-5H. The van der Waals surface area contributed by atoms with Crippen LogP contribution in [0.2, 0.25) is 10.0 Å². The molecule has 1 aromatic heterocycles. The number of hydrogen-bond donors (Lipinski definition) is 0. The Bertz CT molecular complexity index is 540. The van der Waals surface area contributed by atoms with Gasteiger partial charge in [0.2, 0.25) is 0 Å². The summed E-state index contributed by atoms with van der Waals surface area (Å²) in [5.74, 6) is 0. The Morgan fingerprint density at radius 1 is 1.20 bits per heavy atom. The molecule has 0 saturated heterocycles. The molecule has 0 N–H and O–H groups in total. The van der Waals surface area contributed by atoms with Gasteiger partial charge >= 0.3 is 0 Å². The SMILES string of the molecule is N#Cc1ccn(-c2ccc(Cl)c(Cl)c2)n1. The first-order valence-electron chi connectivity index (χ1n) is 4.12. The first kappa shape index (κ1) is 10.0. The maximum absolute atomic E-state index is 8.62. The molecule has 15 heavy (non-hydrogen) atoms. The van der Waals surface area contributed by atoms with Gasteiger partial charge < -0.3 is 0 Å². The minimum Gasteiger partial charge on any atom is -0.240 e. The summed E-state index contributed by atoms with van der Waals surface area (Å²) in [5.41, 5.74) is 1.13. The first-order chi connectivity index (χ1) is 7.20. The number of rotatable bonds is 1. The topological polar surface area (TPSA) is 41.6 Å². The highest BCUT2D eigenvalue weighted by molar-refractivity contribution is 6.42. The predicted molar refractivity (Wildman–Crippen MR) is 58.3 cm³/mol. The van der Waals surface area contributed by atoms with Crippen molar-refractivity contribution in [3.8, 4) is 11.8 Å². The Morgan fingerprint density at radius 3 is 2.60 bits per heavy atom. The molecule has 0 amide bonds. The van der Waals surface area contributed by atoms with Crippen LogP contribution < -0.4 is 0 Å². The number of hydrogen-bond acceptors (Lipinski definition) is 2. The Morgan fingerprint density at radius 2 is 2.00 bits per heavy atom. The fourth-order valence-corrected chi connectivity index (χ4v) is 1.45. The second-order valence-corrected chi connectivity index (χ2v) is 3.67. The molecule has 1 heterocycles. The molecule has 2 rings (SSSR count). The van der Waals surface area contributed by atoms with Gasteiger partial charge in [0.1, 0.15) is 6.07 Å². The Labute approximate surface area is 96.5 Å². The minimum absolute atomic E-state index is 0.362. The molecule has 0 atom stereocenters. The van der Waals surface area contributed by atoms with Gasteiger partial charge in [0.25, 0.3) is 0 Å². The maximum atomic E-state index is 8.62. The van der Waals surface area contributed by atoms with E-state index in [-0.39, 0.29) is 0 Å². The van der Waals surface area contributed by atoms with Crippen LogP contribution in [0, 0.1) is 11.3 Å². The highest BCUT2D eigenvalue weighted by Crippen LogP contribution is 2.24. The molecule has 74 valence electrons. The van der Waals surface area contributed by atoms with E-state index in [4.69, 9.17) is 28.5 Å². The van der Waals surface area contributed by atoms with E-state index in [9.17, 15) is 0 Å². The Kier molecular flexibility index (Phi) is 2.63. The molecular weight excluding hydrogens is 233 g/mol. The average Bonchev–Trinajstić information content (AvgIpc) is 2.70. The zero-order valence-electron chi connectivity index (χ0n) is 7.48. The van der Waals surface area contributed by atoms with E-state index in [1.165, 1.54) is 0 Å². The molecule has 3 nitrogen and oxygen atoms in total. The first-order valence-corrected chi connectivity index (χ1v) is 4.87. The number of benzene rings is 1. The fraction of sp³-hybridized carbons (Fsp3) is 0. The number of nitrogens with zero attached hydrogens (tertiary/aromatic N) is 3. The minimum atomic E-state index is 0.362. The molecule has 0 unspecified atom stereocenters. The normalized spacial score (nSPS) is 9.93. The number of halogens is 2. The van der Waals surface area contributed by atoms with Crippen LogP contribution in [0.3, 0.4) is 0 Å². The third-order valence-electron chi connectivity index (χ3n) is 1.87. The average molecular weight is 238 g/mol. The lowest BCUT2D eigenvalue weighted by molar-refractivity contribution is 0.873. The van der Waals surface area contributed by atoms with Gasteiger partial charge in [-0.2, -0.15) is 10.4 Å². The van der Waals surface area contributed by atoms with Gasteiger partial charge in [0.05, 0.1) is 15.7 Å². The van der Waals surface area contributed by atoms with Crippen LogP contribution in [-0.4, -0.2) is 9.78 Å². The number of aromatic nitrogens is 2. The van der Waals surface area contributed by atoms with Crippen molar-refractivity contribution in [1.29, 1.82) is 5.26 Å². The van der Waals surface area contributed by atoms with Crippen molar-refractivity contribution >= 4 is 23.2 Å². The quantitative estimate of drug-likeness (QED) is 0.766. The smallest absolute Gasteiger partial charge is 0.162 e. The van der Waals surface area contributed by atoms with Crippen LogP contribution in [0.5, 0.6) is 0 Å². The van der Waals surface area contributed by atoms with E-state index in [0.29, 0.717) is 15.7 Å². The molecule has 0 bridgehead atoms. The second kappa shape index (κ2) is 3.93. The monoisotopic (exact) mass is 237 g/mol. The van der Waals surface area contributed by atoms with Crippen molar-refractivity contribution in [3.63, 3.8) is 0 Å². The van der Waals surface area contributed by atoms with Crippen molar-refractivity contribution in [1.82, 2.24) is 9.78 Å². The Balaban J connectivity index is 2.46. The van der Waals surface area contributed by atoms with Crippen LogP contribution in [0.1, 0.15) is 5.69 Å². The highest BCUT2D eigenvalue weighted by atomic mass is 35.5. The molecule has 5 heteroatoms. The third kappa shape index (κ3) is 1.96. The summed E-state index contributed by atoms with van der Waals surface area (Å²) < 4.78 is 1.57. The molecule has 0 radical (unpaired) electrons. The number of nitriles is 1. The molecule has 0 aliphatic heterocycles. The van der Waals surface area contributed by atoms with Gasteiger partial charge in [-0.25, -0.2) is 4.68 Å². The van der Waals surface area contributed by atoms with E-state index < -0.39 is 0 Å². The van der Waals surface area contributed by atoms with Crippen LogP contribution in [0.15, 0.2) is 30.5 Å². The molecule has 0 spiro atoms. The summed E-state index contributed by atoms with van der Waals surface area (Å²) in [6.45, 7) is 0. The lowest BCUT2D eigenvalue weighted by atomic mass is 10.3. The molecule has 0 saturated carbocycles. The fourth-order valence-electron chi connectivity index (χ4n) is 1.15. The summed E-state index contributed by atoms with van der Waals surface area (Å²) >= 11 is 11.7. The van der Waals surface area contributed by atoms with Gasteiger partial charge in [-0.1, -0.05) is 23.2 Å². The summed E-state index contributed by atoms with van der Waals surface area (Å²) in [7, 11) is 0. The molecule has 2 aromatic rings. The van der Waals surface area contributed by atoms with E-state index in [1.807, 2.05) is 6.07 Å². The van der Waals surface area contributed by atoms with Crippen molar-refractivity contribution in [3.05, 3.63) is 46.2 Å². The lowest BCUT2D eigenvalue weighted by Gasteiger charge is -2.02. The summed E-state index contributed by atoms with van der Waals surface area (Å²) in [6.07, 6.45) is 1.69. The predicted octanol–water partition coefficient (Wildman–Crippen LogP) is 3.05. The van der Waals surface area contributed by atoms with Gasteiger partial charge in [0.15, 0.2) is 5.69 Å². The van der Waals surface area contributed by atoms with Gasteiger partial charge in [0, 0.05) is 6.20 Å². The summed E-state index contributed by atoms with van der Waals surface area (Å²) in [6, 6.07) is 8.74. The van der Waals surface area contributed by atoms with E-state index in [0.717, 1.165) is 5.69 Å². The van der Waals surface area contributed by atoms with Gasteiger partial charge in [-0.3, -0.25) is 0 Å². The van der Waals surface area contributed by atoms with Crippen molar-refractivity contribution in [2.45, 2.75) is 0 Å².